The molecule has 0 radical (unpaired) electrons. The van der Waals surface area contributed by atoms with Gasteiger partial charge in [-0.3, -0.25) is 4.79 Å². The highest BCUT2D eigenvalue weighted by atomic mass is 32.1. The fourth-order valence-corrected chi connectivity index (χ4v) is 3.95. The molecule has 22 heavy (non-hydrogen) atoms. The Morgan fingerprint density at radius 3 is 2.50 bits per heavy atom. The van der Waals surface area contributed by atoms with Crippen LogP contribution in [0.5, 0.6) is 11.5 Å². The molecule has 2 aromatic heterocycles. The summed E-state index contributed by atoms with van der Waals surface area (Å²) in [5.41, 5.74) is 0.676. The van der Waals surface area contributed by atoms with Gasteiger partial charge in [0.2, 0.25) is 0 Å². The first-order chi connectivity index (χ1) is 10.7. The van der Waals surface area contributed by atoms with E-state index in [0.29, 0.717) is 11.5 Å². The molecule has 0 amide bonds. The summed E-state index contributed by atoms with van der Waals surface area (Å²) in [6.45, 7) is 0. The number of thiophene rings is 1. The minimum Gasteiger partial charge on any atom is -0.493 e. The highest BCUT2D eigenvalue weighted by Gasteiger charge is 2.15. The molecule has 2 aromatic carbocycles. The fourth-order valence-electron chi connectivity index (χ4n) is 2.84. The predicted octanol–water partition coefficient (Wildman–Crippen LogP) is 3.91. The van der Waals surface area contributed by atoms with E-state index in [1.54, 1.807) is 20.3 Å². The summed E-state index contributed by atoms with van der Waals surface area (Å²) in [7, 11) is 3.19. The van der Waals surface area contributed by atoms with Gasteiger partial charge in [0.05, 0.1) is 19.7 Å². The van der Waals surface area contributed by atoms with Crippen molar-refractivity contribution in [2.45, 2.75) is 0 Å². The van der Waals surface area contributed by atoms with Gasteiger partial charge in [0.25, 0.3) is 5.56 Å². The predicted molar refractivity (Wildman–Crippen MR) is 90.6 cm³/mol. The molecule has 0 bridgehead atoms. The molecule has 0 spiro atoms. The molecule has 0 saturated carbocycles. The Morgan fingerprint density at radius 1 is 1.00 bits per heavy atom. The molecule has 0 aliphatic heterocycles. The smallest absolute Gasteiger partial charge is 0.266 e. The van der Waals surface area contributed by atoms with Crippen molar-refractivity contribution in [3.63, 3.8) is 0 Å². The van der Waals surface area contributed by atoms with Crippen molar-refractivity contribution >= 4 is 42.4 Å². The van der Waals surface area contributed by atoms with Gasteiger partial charge in [-0.25, -0.2) is 0 Å². The number of methoxy groups -OCH3 is 2. The third-order valence-corrected chi connectivity index (χ3v) is 5.01. The van der Waals surface area contributed by atoms with Crippen molar-refractivity contribution in [1.29, 1.82) is 0 Å². The molecule has 0 aliphatic rings. The van der Waals surface area contributed by atoms with Gasteiger partial charge in [0.15, 0.2) is 11.5 Å². The number of benzene rings is 2. The van der Waals surface area contributed by atoms with Crippen LogP contribution >= 0.6 is 11.3 Å². The number of nitrogens with one attached hydrogen (secondary N) is 1. The van der Waals surface area contributed by atoms with Gasteiger partial charge in [-0.05, 0) is 12.1 Å². The molecule has 0 fully saturated rings. The van der Waals surface area contributed by atoms with Gasteiger partial charge in [0.1, 0.15) is 4.70 Å². The molecule has 1 N–H and O–H groups in total. The fraction of sp³-hybridized carbons (Fsp3) is 0.118. The van der Waals surface area contributed by atoms with Crippen LogP contribution in [-0.2, 0) is 0 Å². The van der Waals surface area contributed by atoms with E-state index < -0.39 is 0 Å². The van der Waals surface area contributed by atoms with E-state index >= 15 is 0 Å². The van der Waals surface area contributed by atoms with Crippen LogP contribution in [0, 0.1) is 0 Å². The maximum absolute atomic E-state index is 12.4. The molecular formula is C17H13NO3S. The Hall–Kier alpha value is -2.53. The van der Waals surface area contributed by atoms with Gasteiger partial charge >= 0.3 is 0 Å². The number of ether oxygens (including phenoxy) is 2. The molecule has 0 unspecified atom stereocenters. The average Bonchev–Trinajstić information content (AvgIpc) is 2.94. The van der Waals surface area contributed by atoms with Gasteiger partial charge in [-0.1, -0.05) is 18.2 Å². The molecule has 0 aliphatic carbocycles. The molecule has 4 rings (SSSR count). The van der Waals surface area contributed by atoms with Crippen LogP contribution in [0.3, 0.4) is 0 Å². The lowest BCUT2D eigenvalue weighted by atomic mass is 10.1. The first-order valence-corrected chi connectivity index (χ1v) is 7.64. The molecule has 0 saturated heterocycles. The lowest BCUT2D eigenvalue weighted by Gasteiger charge is -2.09. The first kappa shape index (κ1) is 13.2. The molecule has 0 atom stereocenters. The summed E-state index contributed by atoms with van der Waals surface area (Å²) in [4.78, 5) is 15.3. The van der Waals surface area contributed by atoms with Crippen LogP contribution in [0.25, 0.3) is 31.1 Å². The Balaban J connectivity index is 2.28. The number of hydrogen-bond acceptors (Lipinski definition) is 4. The van der Waals surface area contributed by atoms with E-state index in [1.165, 1.54) is 11.3 Å². The number of fused-ring (bicyclic) bond motifs is 5. The third-order valence-electron chi connectivity index (χ3n) is 3.84. The Morgan fingerprint density at radius 2 is 1.73 bits per heavy atom. The molecule has 5 heteroatoms. The molecule has 2 heterocycles. The zero-order chi connectivity index (χ0) is 15.3. The van der Waals surface area contributed by atoms with E-state index in [0.717, 1.165) is 31.1 Å². The van der Waals surface area contributed by atoms with E-state index in [-0.39, 0.29) is 5.56 Å². The quantitative estimate of drug-likeness (QED) is 0.610. The van der Waals surface area contributed by atoms with E-state index in [1.807, 2.05) is 30.3 Å². The lowest BCUT2D eigenvalue weighted by molar-refractivity contribution is 0.356. The largest absolute Gasteiger partial charge is 0.493 e. The summed E-state index contributed by atoms with van der Waals surface area (Å²) >= 11 is 1.51. The highest BCUT2D eigenvalue weighted by Crippen LogP contribution is 2.39. The number of pyridine rings is 1. The van der Waals surface area contributed by atoms with E-state index in [4.69, 9.17) is 9.47 Å². The van der Waals surface area contributed by atoms with Crippen LogP contribution in [0.1, 0.15) is 0 Å². The van der Waals surface area contributed by atoms with Crippen molar-refractivity contribution in [1.82, 2.24) is 4.98 Å². The van der Waals surface area contributed by atoms with Crippen LogP contribution in [0.4, 0.5) is 0 Å². The van der Waals surface area contributed by atoms with Gasteiger partial charge < -0.3 is 14.5 Å². The average molecular weight is 311 g/mol. The Labute approximate surface area is 129 Å². The standard InChI is InChI=1S/C17H13NO3S/c1-20-12-7-10-11(8-13(12)21-2)18-17(19)16-15(10)9-5-3-4-6-14(9)22-16/h3-8H,1-2H3,(H,18,19). The zero-order valence-corrected chi connectivity index (χ0v) is 12.9. The lowest BCUT2D eigenvalue weighted by Crippen LogP contribution is -2.04. The Bertz CT molecular complexity index is 1080. The SMILES string of the molecule is COc1cc2[nH]c(=O)c3sc4ccccc4c3c2cc1OC. The Kier molecular flexibility index (Phi) is 2.84. The van der Waals surface area contributed by atoms with Crippen LogP contribution in [0.15, 0.2) is 41.2 Å². The summed E-state index contributed by atoms with van der Waals surface area (Å²) < 4.78 is 12.6. The second kappa shape index (κ2) is 4.74. The minimum absolute atomic E-state index is 0.0732. The maximum atomic E-state index is 12.4. The van der Waals surface area contributed by atoms with Crippen molar-refractivity contribution in [3.8, 4) is 11.5 Å². The van der Waals surface area contributed by atoms with Crippen molar-refractivity contribution in [3.05, 3.63) is 46.8 Å². The first-order valence-electron chi connectivity index (χ1n) is 6.82. The topological polar surface area (TPSA) is 51.3 Å². The minimum atomic E-state index is -0.0732. The van der Waals surface area contributed by atoms with Crippen LogP contribution < -0.4 is 15.0 Å². The van der Waals surface area contributed by atoms with E-state index in [2.05, 4.69) is 4.98 Å². The summed E-state index contributed by atoms with van der Waals surface area (Å²) in [5, 5.41) is 3.02. The van der Waals surface area contributed by atoms with Crippen molar-refractivity contribution in [2.75, 3.05) is 14.2 Å². The van der Waals surface area contributed by atoms with Crippen LogP contribution in [-0.4, -0.2) is 19.2 Å². The van der Waals surface area contributed by atoms with Crippen molar-refractivity contribution < 1.29 is 9.47 Å². The number of rotatable bonds is 2. The molecule has 4 nitrogen and oxygen atoms in total. The zero-order valence-electron chi connectivity index (χ0n) is 12.1. The highest BCUT2D eigenvalue weighted by molar-refractivity contribution is 7.25. The van der Waals surface area contributed by atoms with Gasteiger partial charge in [-0.2, -0.15) is 0 Å². The van der Waals surface area contributed by atoms with Gasteiger partial charge in [0, 0.05) is 26.9 Å². The summed E-state index contributed by atoms with van der Waals surface area (Å²) in [6.07, 6.45) is 0. The monoisotopic (exact) mass is 311 g/mol. The van der Waals surface area contributed by atoms with E-state index in [9.17, 15) is 4.79 Å². The molecular weight excluding hydrogens is 298 g/mol. The summed E-state index contributed by atoms with van der Waals surface area (Å²) in [6, 6.07) is 11.8. The maximum Gasteiger partial charge on any atom is 0.266 e. The molecule has 4 aromatic rings. The normalized spacial score (nSPS) is 11.4. The second-order valence-corrected chi connectivity index (χ2v) is 6.06. The number of hydrogen-bond donors (Lipinski definition) is 1. The number of aromatic nitrogens is 1. The van der Waals surface area contributed by atoms with Crippen LogP contribution in [0.2, 0.25) is 0 Å². The number of H-pyrrole nitrogens is 1. The second-order valence-electron chi connectivity index (χ2n) is 5.01. The molecule has 110 valence electrons. The number of aromatic amines is 1. The third kappa shape index (κ3) is 1.72. The van der Waals surface area contributed by atoms with Gasteiger partial charge in [-0.15, -0.1) is 11.3 Å². The van der Waals surface area contributed by atoms with Crippen molar-refractivity contribution in [2.24, 2.45) is 0 Å². The summed E-state index contributed by atoms with van der Waals surface area (Å²) in [5.74, 6) is 1.25.